The number of benzene rings is 2. The minimum atomic E-state index is -0.539. The lowest BCUT2D eigenvalue weighted by atomic mass is 10.1. The van der Waals surface area contributed by atoms with E-state index in [4.69, 9.17) is 4.74 Å². The molecule has 0 aliphatic carbocycles. The molecule has 176 valence electrons. The van der Waals surface area contributed by atoms with E-state index in [1.165, 1.54) is 29.4 Å². The number of aromatic nitrogens is 2. The van der Waals surface area contributed by atoms with Gasteiger partial charge in [-0.05, 0) is 24.1 Å². The second-order valence-electron chi connectivity index (χ2n) is 7.96. The van der Waals surface area contributed by atoms with Crippen molar-refractivity contribution >= 4 is 39.2 Å². The average molecular weight is 481 g/mol. The van der Waals surface area contributed by atoms with Crippen LogP contribution in [0.25, 0.3) is 21.3 Å². The van der Waals surface area contributed by atoms with Gasteiger partial charge in [0.1, 0.15) is 18.1 Å². The Bertz CT molecular complexity index is 1330. The molecular weight excluding hydrogens is 455 g/mol. The molecule has 7 nitrogen and oxygen atoms in total. The van der Waals surface area contributed by atoms with Gasteiger partial charge in [-0.15, -0.1) is 0 Å². The first kappa shape index (κ1) is 23.4. The van der Waals surface area contributed by atoms with Crippen LogP contribution >= 0.6 is 11.3 Å². The molecule has 0 unspecified atom stereocenters. The highest BCUT2D eigenvalue weighted by Crippen LogP contribution is 2.36. The summed E-state index contributed by atoms with van der Waals surface area (Å²) in [6.07, 6.45) is 2.43. The number of amides is 1. The summed E-state index contributed by atoms with van der Waals surface area (Å²) in [7, 11) is 4.89. The molecule has 0 radical (unpaired) electrons. The van der Waals surface area contributed by atoms with E-state index in [0.717, 1.165) is 16.5 Å². The number of H-pyrrole nitrogens is 1. The highest BCUT2D eigenvalue weighted by atomic mass is 32.1. The zero-order valence-corrected chi connectivity index (χ0v) is 20.0. The number of hydrogen-bond donors (Lipinski definition) is 1. The molecule has 0 atom stereocenters. The maximum atomic E-state index is 14.6. The predicted molar refractivity (Wildman–Crippen MR) is 132 cm³/mol. The number of anilines is 1. The van der Waals surface area contributed by atoms with Gasteiger partial charge in [0.25, 0.3) is 5.91 Å². The Balaban J connectivity index is 1.68. The number of thiazole rings is 1. The monoisotopic (exact) mass is 480 g/mol. The maximum absolute atomic E-state index is 14.6. The van der Waals surface area contributed by atoms with E-state index in [0.29, 0.717) is 22.0 Å². The summed E-state index contributed by atoms with van der Waals surface area (Å²) in [6.45, 7) is 0.0323. The fourth-order valence-electron chi connectivity index (χ4n) is 3.69. The molecule has 4 rings (SSSR count). The van der Waals surface area contributed by atoms with Crippen LogP contribution in [0.1, 0.15) is 16.1 Å². The highest BCUT2D eigenvalue weighted by Gasteiger charge is 2.28. The van der Waals surface area contributed by atoms with Crippen LogP contribution in [0, 0.1) is 5.82 Å². The number of fused-ring (bicyclic) bond motifs is 1. The van der Waals surface area contributed by atoms with Crippen molar-refractivity contribution < 1.29 is 18.7 Å². The van der Waals surface area contributed by atoms with Crippen molar-refractivity contribution in [1.29, 1.82) is 0 Å². The van der Waals surface area contributed by atoms with Crippen LogP contribution in [0.2, 0.25) is 0 Å². The number of aromatic amines is 1. The minimum Gasteiger partial charge on any atom is -0.468 e. The van der Waals surface area contributed by atoms with Crippen LogP contribution in [-0.2, 0) is 16.0 Å². The molecule has 0 aliphatic rings. The second kappa shape index (κ2) is 10.0. The zero-order valence-electron chi connectivity index (χ0n) is 19.2. The summed E-state index contributed by atoms with van der Waals surface area (Å²) in [5.74, 6) is -1.43. The molecule has 2 heterocycles. The predicted octanol–water partition coefficient (Wildman–Crippen LogP) is 4.35. The Morgan fingerprint density at radius 1 is 1.12 bits per heavy atom. The fraction of sp³-hybridized carbons (Fsp3) is 0.240. The number of methoxy groups -OCH3 is 1. The van der Waals surface area contributed by atoms with Crippen molar-refractivity contribution in [2.24, 2.45) is 0 Å². The molecule has 0 bridgehead atoms. The molecule has 1 N–H and O–H groups in total. The number of rotatable bonds is 8. The summed E-state index contributed by atoms with van der Waals surface area (Å²) in [6, 6.07) is 14.2. The molecule has 34 heavy (non-hydrogen) atoms. The van der Waals surface area contributed by atoms with E-state index in [1.54, 1.807) is 37.2 Å². The van der Waals surface area contributed by atoms with Gasteiger partial charge in [-0.2, -0.15) is 0 Å². The van der Waals surface area contributed by atoms with Crippen molar-refractivity contribution in [2.45, 2.75) is 6.42 Å². The molecule has 1 amide bonds. The first-order valence-corrected chi connectivity index (χ1v) is 11.5. The van der Waals surface area contributed by atoms with Gasteiger partial charge in [0, 0.05) is 43.3 Å². The van der Waals surface area contributed by atoms with Crippen LogP contribution in [-0.4, -0.2) is 61.0 Å². The standard InChI is InChI=1S/C25H25FN4O3S/c1-29(2)25-28-22(23(34-25)18-9-4-6-10-19(18)26)24(32)30(15-21(31)33-3)13-12-16-14-27-20-11-7-5-8-17(16)20/h4-11,14,27H,12-13,15H2,1-3H3. The fourth-order valence-corrected chi connectivity index (χ4v) is 4.70. The Kier molecular flexibility index (Phi) is 6.93. The van der Waals surface area contributed by atoms with E-state index in [2.05, 4.69) is 9.97 Å². The molecule has 0 saturated carbocycles. The first-order valence-electron chi connectivity index (χ1n) is 10.7. The van der Waals surface area contributed by atoms with E-state index in [1.807, 2.05) is 30.5 Å². The first-order chi connectivity index (χ1) is 16.4. The summed E-state index contributed by atoms with van der Waals surface area (Å²) in [5, 5.41) is 1.62. The Labute approximate surface area is 200 Å². The van der Waals surface area contributed by atoms with Crippen molar-refractivity contribution in [2.75, 3.05) is 39.2 Å². The summed E-state index contributed by atoms with van der Waals surface area (Å²) in [5.41, 5.74) is 2.44. The lowest BCUT2D eigenvalue weighted by Gasteiger charge is -2.21. The average Bonchev–Trinajstić information content (AvgIpc) is 3.46. The van der Waals surface area contributed by atoms with Gasteiger partial charge in [0.2, 0.25) is 0 Å². The largest absolute Gasteiger partial charge is 0.468 e. The number of ether oxygens (including phenoxy) is 1. The molecule has 4 aromatic rings. The molecule has 0 saturated heterocycles. The smallest absolute Gasteiger partial charge is 0.325 e. The van der Waals surface area contributed by atoms with Gasteiger partial charge in [0.05, 0.1) is 12.0 Å². The van der Waals surface area contributed by atoms with Crippen LogP contribution in [0.4, 0.5) is 9.52 Å². The van der Waals surface area contributed by atoms with Crippen molar-refractivity contribution in [1.82, 2.24) is 14.9 Å². The Hall–Kier alpha value is -3.72. The van der Waals surface area contributed by atoms with Gasteiger partial charge in [-0.3, -0.25) is 9.59 Å². The van der Waals surface area contributed by atoms with Gasteiger partial charge in [-0.1, -0.05) is 47.7 Å². The molecular formula is C25H25FN4O3S. The zero-order chi connectivity index (χ0) is 24.2. The van der Waals surface area contributed by atoms with E-state index >= 15 is 0 Å². The van der Waals surface area contributed by atoms with E-state index < -0.39 is 17.7 Å². The lowest BCUT2D eigenvalue weighted by molar-refractivity contribution is -0.141. The van der Waals surface area contributed by atoms with Crippen LogP contribution in [0.15, 0.2) is 54.7 Å². The van der Waals surface area contributed by atoms with Crippen molar-refractivity contribution in [3.05, 3.63) is 71.8 Å². The number of para-hydroxylation sites is 1. The molecule has 2 aromatic heterocycles. The molecule has 0 aliphatic heterocycles. The molecule has 2 aromatic carbocycles. The van der Waals surface area contributed by atoms with Gasteiger partial charge in [-0.25, -0.2) is 9.37 Å². The third-order valence-electron chi connectivity index (χ3n) is 5.48. The third-order valence-corrected chi connectivity index (χ3v) is 6.74. The number of carbonyl (C=O) groups excluding carboxylic acids is 2. The molecule has 0 fully saturated rings. The SMILES string of the molecule is COC(=O)CN(CCc1c[nH]c2ccccc12)C(=O)c1nc(N(C)C)sc1-c1ccccc1F. The van der Waals surface area contributed by atoms with Gasteiger partial charge in [0.15, 0.2) is 5.13 Å². The number of nitrogens with zero attached hydrogens (tertiary/aromatic N) is 3. The highest BCUT2D eigenvalue weighted by molar-refractivity contribution is 7.19. The van der Waals surface area contributed by atoms with Gasteiger partial charge < -0.3 is 19.5 Å². The van der Waals surface area contributed by atoms with Crippen LogP contribution < -0.4 is 4.90 Å². The molecule has 0 spiro atoms. The Morgan fingerprint density at radius 3 is 2.59 bits per heavy atom. The second-order valence-corrected chi connectivity index (χ2v) is 8.94. The van der Waals surface area contributed by atoms with Crippen molar-refractivity contribution in [3.63, 3.8) is 0 Å². The molecule has 9 heteroatoms. The summed E-state index contributed by atoms with van der Waals surface area (Å²) < 4.78 is 19.5. The Morgan fingerprint density at radius 2 is 1.85 bits per heavy atom. The van der Waals surface area contributed by atoms with Crippen molar-refractivity contribution in [3.8, 4) is 10.4 Å². The van der Waals surface area contributed by atoms with E-state index in [9.17, 15) is 14.0 Å². The number of hydrogen-bond acceptors (Lipinski definition) is 6. The number of esters is 1. The third kappa shape index (κ3) is 4.79. The van der Waals surface area contributed by atoms with Crippen LogP contribution in [0.3, 0.4) is 0 Å². The maximum Gasteiger partial charge on any atom is 0.325 e. The summed E-state index contributed by atoms with van der Waals surface area (Å²) in [4.78, 5) is 37.1. The minimum absolute atomic E-state index is 0.113. The van der Waals surface area contributed by atoms with Crippen LogP contribution in [0.5, 0.6) is 0 Å². The quantitative estimate of drug-likeness (QED) is 0.379. The number of halogens is 1. The normalized spacial score (nSPS) is 10.9. The van der Waals surface area contributed by atoms with E-state index in [-0.39, 0.29) is 18.8 Å². The number of carbonyl (C=O) groups is 2. The van der Waals surface area contributed by atoms with Gasteiger partial charge >= 0.3 is 5.97 Å². The lowest BCUT2D eigenvalue weighted by Crippen LogP contribution is -2.38. The number of nitrogens with one attached hydrogen (secondary N) is 1. The topological polar surface area (TPSA) is 78.5 Å². The summed E-state index contributed by atoms with van der Waals surface area (Å²) >= 11 is 1.23.